The molecule has 2 rings (SSSR count). The third kappa shape index (κ3) is 2.70. The first-order chi connectivity index (χ1) is 8.35. The van der Waals surface area contributed by atoms with E-state index in [1.54, 1.807) is 0 Å². The second-order valence-electron chi connectivity index (χ2n) is 3.40. The number of nitrogens with zero attached hydrogens (tertiary/aromatic N) is 1. The van der Waals surface area contributed by atoms with Crippen LogP contribution in [0.1, 0.15) is 11.7 Å². The molecule has 1 aromatic rings. The van der Waals surface area contributed by atoms with Crippen molar-refractivity contribution < 1.29 is 27.4 Å². The number of rotatable bonds is 2. The molecule has 0 aliphatic carbocycles. The van der Waals surface area contributed by atoms with E-state index < -0.39 is 18.4 Å². The van der Waals surface area contributed by atoms with Crippen molar-refractivity contribution in [2.45, 2.75) is 12.5 Å². The summed E-state index contributed by atoms with van der Waals surface area (Å²) >= 11 is 0. The minimum absolute atomic E-state index is 0.263. The summed E-state index contributed by atoms with van der Waals surface area (Å²) in [5, 5.41) is 0. The molecule has 96 valence electrons. The smallest absolute Gasteiger partial charge is 0.447 e. The summed E-state index contributed by atoms with van der Waals surface area (Å²) in [5.41, 5.74) is 5.55. The molecule has 1 aliphatic heterocycles. The molecule has 1 aromatic carbocycles. The Bertz CT molecular complexity index is 496. The number of benzene rings is 1. The van der Waals surface area contributed by atoms with Crippen LogP contribution in [0, 0.1) is 0 Å². The summed E-state index contributed by atoms with van der Waals surface area (Å²) in [7, 11) is 0. The molecule has 0 radical (unpaired) electrons. The zero-order chi connectivity index (χ0) is 13.3. The van der Waals surface area contributed by atoms with Crippen molar-refractivity contribution in [3.05, 3.63) is 29.8 Å². The highest BCUT2D eigenvalue weighted by molar-refractivity contribution is 5.98. The first kappa shape index (κ1) is 12.2. The number of aliphatic imine (C=N–C) groups is 1. The van der Waals surface area contributed by atoms with E-state index in [4.69, 9.17) is 10.5 Å². The quantitative estimate of drug-likeness (QED) is 0.874. The van der Waals surface area contributed by atoms with Gasteiger partial charge in [-0.15, -0.1) is 13.2 Å². The van der Waals surface area contributed by atoms with Gasteiger partial charge in [0.25, 0.3) is 11.9 Å². The Morgan fingerprint density at radius 2 is 1.89 bits per heavy atom. The number of hydrogen-bond acceptors (Lipinski definition) is 4. The van der Waals surface area contributed by atoms with Crippen LogP contribution in [0.2, 0.25) is 0 Å². The van der Waals surface area contributed by atoms with Crippen molar-refractivity contribution in [1.82, 2.24) is 0 Å². The van der Waals surface area contributed by atoms with Crippen molar-refractivity contribution in [3.8, 4) is 5.75 Å². The van der Waals surface area contributed by atoms with Crippen LogP contribution in [0.15, 0.2) is 29.3 Å². The summed E-state index contributed by atoms with van der Waals surface area (Å²) in [6.45, 7) is 0. The van der Waals surface area contributed by atoms with E-state index in [0.717, 1.165) is 12.1 Å². The van der Waals surface area contributed by atoms with E-state index in [1.807, 2.05) is 0 Å². The molecule has 1 amide bonds. The van der Waals surface area contributed by atoms with Crippen LogP contribution in [-0.2, 0) is 9.53 Å². The van der Waals surface area contributed by atoms with Gasteiger partial charge in [0.15, 0.2) is 0 Å². The van der Waals surface area contributed by atoms with Gasteiger partial charge in [-0.1, -0.05) is 12.1 Å². The average Bonchev–Trinajstić information content (AvgIpc) is 2.57. The number of amides is 1. The molecule has 1 unspecified atom stereocenters. The predicted octanol–water partition coefficient (Wildman–Crippen LogP) is 1.50. The fourth-order valence-corrected chi connectivity index (χ4v) is 1.42. The Kier molecular flexibility index (Phi) is 2.85. The zero-order valence-electron chi connectivity index (χ0n) is 8.77. The van der Waals surface area contributed by atoms with Crippen LogP contribution in [0.25, 0.3) is 0 Å². The minimum Gasteiger partial charge on any atom is -0.447 e. The summed E-state index contributed by atoms with van der Waals surface area (Å²) < 4.78 is 44.4. The van der Waals surface area contributed by atoms with Crippen molar-refractivity contribution in [1.29, 1.82) is 0 Å². The molecule has 0 spiro atoms. The lowest BCUT2D eigenvalue weighted by atomic mass is 10.1. The van der Waals surface area contributed by atoms with Crippen LogP contribution in [0.3, 0.4) is 0 Å². The number of halogens is 3. The molecule has 5 nitrogen and oxygen atoms in total. The molecule has 0 saturated carbocycles. The monoisotopic (exact) mass is 260 g/mol. The van der Waals surface area contributed by atoms with Crippen LogP contribution in [0.4, 0.5) is 13.2 Å². The van der Waals surface area contributed by atoms with E-state index in [9.17, 15) is 18.0 Å². The van der Waals surface area contributed by atoms with Gasteiger partial charge in [0.05, 0.1) is 0 Å². The molecule has 1 atom stereocenters. The second kappa shape index (κ2) is 4.21. The fraction of sp³-hybridized carbons (Fsp3) is 0.200. The Hall–Kier alpha value is -2.25. The van der Waals surface area contributed by atoms with E-state index >= 15 is 0 Å². The van der Waals surface area contributed by atoms with Crippen molar-refractivity contribution in [2.24, 2.45) is 10.7 Å². The SMILES string of the molecule is NC1=NC(=O)C(c2ccc(OC(F)(F)F)cc2)O1. The zero-order valence-corrected chi connectivity index (χ0v) is 8.77. The van der Waals surface area contributed by atoms with Gasteiger partial charge in [-0.3, -0.25) is 4.79 Å². The molecule has 0 fully saturated rings. The third-order valence-electron chi connectivity index (χ3n) is 2.10. The Balaban J connectivity index is 2.12. The van der Waals surface area contributed by atoms with Gasteiger partial charge >= 0.3 is 6.36 Å². The molecule has 0 saturated heterocycles. The lowest BCUT2D eigenvalue weighted by molar-refractivity contribution is -0.274. The maximum atomic E-state index is 11.9. The maximum Gasteiger partial charge on any atom is 0.573 e. The van der Waals surface area contributed by atoms with E-state index in [-0.39, 0.29) is 11.8 Å². The van der Waals surface area contributed by atoms with Gasteiger partial charge in [0.1, 0.15) is 5.75 Å². The summed E-state index contributed by atoms with van der Waals surface area (Å²) in [4.78, 5) is 14.6. The standard InChI is InChI=1S/C10H7F3N2O3/c11-10(12,13)18-6-3-1-5(2-4-6)7-8(16)15-9(14)17-7/h1-4,7H,(H2,14,15,16). The van der Waals surface area contributed by atoms with Gasteiger partial charge in [-0.2, -0.15) is 4.99 Å². The first-order valence-electron chi connectivity index (χ1n) is 4.75. The minimum atomic E-state index is -4.76. The number of carbonyl (C=O) groups is 1. The topological polar surface area (TPSA) is 73.9 Å². The van der Waals surface area contributed by atoms with E-state index in [0.29, 0.717) is 5.56 Å². The number of alkyl halides is 3. The van der Waals surface area contributed by atoms with Gasteiger partial charge < -0.3 is 15.2 Å². The molecule has 0 aromatic heterocycles. The van der Waals surface area contributed by atoms with Crippen LogP contribution in [0.5, 0.6) is 5.75 Å². The van der Waals surface area contributed by atoms with Crippen molar-refractivity contribution >= 4 is 11.9 Å². The Morgan fingerprint density at radius 3 is 2.33 bits per heavy atom. The van der Waals surface area contributed by atoms with Crippen LogP contribution in [-0.4, -0.2) is 18.3 Å². The van der Waals surface area contributed by atoms with Gasteiger partial charge in [0, 0.05) is 5.56 Å². The number of amidine groups is 1. The molecule has 2 N–H and O–H groups in total. The van der Waals surface area contributed by atoms with Gasteiger partial charge in [-0.25, -0.2) is 0 Å². The first-order valence-corrected chi connectivity index (χ1v) is 4.75. The molecular formula is C10H7F3N2O3. The maximum absolute atomic E-state index is 11.9. The lowest BCUT2D eigenvalue weighted by Gasteiger charge is -2.11. The van der Waals surface area contributed by atoms with Crippen molar-refractivity contribution in [2.75, 3.05) is 0 Å². The van der Waals surface area contributed by atoms with Crippen LogP contribution >= 0.6 is 0 Å². The third-order valence-corrected chi connectivity index (χ3v) is 2.10. The summed E-state index contributed by atoms with van der Waals surface area (Å²) in [6, 6.07) is 4.44. The molecule has 8 heteroatoms. The van der Waals surface area contributed by atoms with Crippen molar-refractivity contribution in [3.63, 3.8) is 0 Å². The normalized spacial score (nSPS) is 19.4. The number of hydrogen-bond donors (Lipinski definition) is 1. The molecule has 1 heterocycles. The molecule has 0 bridgehead atoms. The summed E-state index contributed by atoms with van der Waals surface area (Å²) in [5.74, 6) is -0.984. The van der Waals surface area contributed by atoms with Gasteiger partial charge in [-0.05, 0) is 12.1 Å². The molecule has 18 heavy (non-hydrogen) atoms. The Morgan fingerprint density at radius 1 is 1.28 bits per heavy atom. The van der Waals surface area contributed by atoms with Gasteiger partial charge in [0.2, 0.25) is 6.10 Å². The number of carbonyl (C=O) groups excluding carboxylic acids is 1. The molecule has 1 aliphatic rings. The highest BCUT2D eigenvalue weighted by Crippen LogP contribution is 2.27. The predicted molar refractivity (Wildman–Crippen MR) is 53.6 cm³/mol. The number of nitrogens with two attached hydrogens (primary N) is 1. The largest absolute Gasteiger partial charge is 0.573 e. The fourth-order valence-electron chi connectivity index (χ4n) is 1.42. The lowest BCUT2D eigenvalue weighted by Crippen LogP contribution is -2.17. The van der Waals surface area contributed by atoms with Crippen LogP contribution < -0.4 is 10.5 Å². The van der Waals surface area contributed by atoms with E-state index in [2.05, 4.69) is 9.73 Å². The second-order valence-corrected chi connectivity index (χ2v) is 3.40. The molecular weight excluding hydrogens is 253 g/mol. The Labute approximate surface area is 99.0 Å². The highest BCUT2D eigenvalue weighted by atomic mass is 19.4. The highest BCUT2D eigenvalue weighted by Gasteiger charge is 2.32. The van der Waals surface area contributed by atoms with E-state index in [1.165, 1.54) is 12.1 Å². The number of ether oxygens (including phenoxy) is 2. The average molecular weight is 260 g/mol. The summed E-state index contributed by atoms with van der Waals surface area (Å²) in [6.07, 6.45) is -5.76.